The Morgan fingerprint density at radius 2 is 2.08 bits per heavy atom. The van der Waals surface area contributed by atoms with Crippen LogP contribution in [0.1, 0.15) is 25.5 Å². The van der Waals surface area contributed by atoms with E-state index in [1.54, 1.807) is 0 Å². The highest BCUT2D eigenvalue weighted by Crippen LogP contribution is 2.09. The molecule has 2 rings (SSSR count). The number of hydrazine groups is 1. The number of hydrogen-bond acceptors (Lipinski definition) is 7. The molecule has 1 aromatic rings. The maximum Gasteiger partial charge on any atom is 0.114 e. The molecule has 9 heteroatoms. The SMILES string of the molecule is CC(C)n1cccc(C=NCCN2CCN(N([O-])N=O)CC2)c1=S. The molecule has 8 nitrogen and oxygen atoms in total. The molecule has 2 heterocycles. The molecule has 0 N–H and O–H groups in total. The fraction of sp³-hybridized carbons (Fsp3) is 0.600. The summed E-state index contributed by atoms with van der Waals surface area (Å²) in [4.78, 5) is 16.9. The van der Waals surface area contributed by atoms with Crippen molar-refractivity contribution in [1.29, 1.82) is 0 Å². The van der Waals surface area contributed by atoms with Gasteiger partial charge in [0.2, 0.25) is 0 Å². The molecule has 0 aliphatic carbocycles. The van der Waals surface area contributed by atoms with E-state index in [1.807, 2.05) is 29.1 Å². The average molecular weight is 351 g/mol. The molecule has 1 fully saturated rings. The molecular weight excluding hydrogens is 328 g/mol. The third-order valence-electron chi connectivity index (χ3n) is 4.00. The van der Waals surface area contributed by atoms with E-state index in [4.69, 9.17) is 12.2 Å². The van der Waals surface area contributed by atoms with Gasteiger partial charge in [0, 0.05) is 56.7 Å². The Kier molecular flexibility index (Phi) is 6.98. The number of rotatable bonds is 7. The van der Waals surface area contributed by atoms with Crippen LogP contribution in [0.15, 0.2) is 28.6 Å². The lowest BCUT2D eigenvalue weighted by Gasteiger charge is -2.40. The molecule has 1 aromatic heterocycles. The van der Waals surface area contributed by atoms with Gasteiger partial charge in [-0.3, -0.25) is 15.2 Å². The lowest BCUT2D eigenvalue weighted by atomic mass is 10.3. The summed E-state index contributed by atoms with van der Waals surface area (Å²) in [6, 6.07) is 4.27. The molecular formula is C15H23N6O2S-. The summed E-state index contributed by atoms with van der Waals surface area (Å²) >= 11 is 5.48. The summed E-state index contributed by atoms with van der Waals surface area (Å²) < 4.78 is 2.84. The molecule has 1 aliphatic heterocycles. The van der Waals surface area contributed by atoms with E-state index in [2.05, 4.69) is 29.0 Å². The number of nitrogens with zero attached hydrogens (tertiary/aromatic N) is 6. The van der Waals surface area contributed by atoms with Crippen molar-refractivity contribution in [2.24, 2.45) is 10.3 Å². The highest BCUT2D eigenvalue weighted by Gasteiger charge is 2.17. The summed E-state index contributed by atoms with van der Waals surface area (Å²) in [7, 11) is 0. The zero-order chi connectivity index (χ0) is 17.5. The minimum atomic E-state index is 0.125. The van der Waals surface area contributed by atoms with E-state index >= 15 is 0 Å². The van der Waals surface area contributed by atoms with Crippen LogP contribution in [0.4, 0.5) is 0 Å². The molecule has 0 aromatic carbocycles. The molecule has 0 spiro atoms. The molecule has 0 amide bonds. The Hall–Kier alpha value is -1.68. The van der Waals surface area contributed by atoms with Gasteiger partial charge in [-0.15, -0.1) is 4.91 Å². The van der Waals surface area contributed by atoms with Crippen LogP contribution in [-0.2, 0) is 0 Å². The predicted octanol–water partition coefficient (Wildman–Crippen LogP) is 2.23. The first-order valence-electron chi connectivity index (χ1n) is 8.01. The highest BCUT2D eigenvalue weighted by molar-refractivity contribution is 7.71. The Balaban J connectivity index is 1.81. The van der Waals surface area contributed by atoms with E-state index in [-0.39, 0.29) is 5.28 Å². The number of nitroso groups, excluding NO2 is 1. The fourth-order valence-electron chi connectivity index (χ4n) is 2.58. The number of aliphatic imine (C=N–C) groups is 1. The van der Waals surface area contributed by atoms with Crippen molar-refractivity contribution in [3.8, 4) is 0 Å². The maximum absolute atomic E-state index is 11.1. The fourth-order valence-corrected chi connectivity index (χ4v) is 2.97. The van der Waals surface area contributed by atoms with Gasteiger partial charge >= 0.3 is 0 Å². The van der Waals surface area contributed by atoms with E-state index in [1.165, 1.54) is 5.01 Å². The zero-order valence-electron chi connectivity index (χ0n) is 14.0. The second kappa shape index (κ2) is 8.97. The first kappa shape index (κ1) is 18.7. The lowest BCUT2D eigenvalue weighted by Crippen LogP contribution is -2.50. The summed E-state index contributed by atoms with van der Waals surface area (Å²) in [5.41, 5.74) is 0.949. The molecule has 0 atom stereocenters. The smallest absolute Gasteiger partial charge is 0.114 e. The van der Waals surface area contributed by atoms with Crippen LogP contribution >= 0.6 is 12.2 Å². The van der Waals surface area contributed by atoms with Gasteiger partial charge in [-0.1, -0.05) is 12.2 Å². The monoisotopic (exact) mass is 351 g/mol. The van der Waals surface area contributed by atoms with Crippen molar-refractivity contribution in [2.75, 3.05) is 39.3 Å². The first-order valence-corrected chi connectivity index (χ1v) is 8.42. The van der Waals surface area contributed by atoms with Gasteiger partial charge in [-0.05, 0) is 26.0 Å². The molecule has 132 valence electrons. The molecule has 24 heavy (non-hydrogen) atoms. The normalized spacial score (nSPS) is 16.8. The van der Waals surface area contributed by atoms with Crippen molar-refractivity contribution in [2.45, 2.75) is 19.9 Å². The minimum absolute atomic E-state index is 0.125. The molecule has 0 bridgehead atoms. The average Bonchev–Trinajstić information content (AvgIpc) is 2.59. The number of pyridine rings is 1. The van der Waals surface area contributed by atoms with E-state index < -0.39 is 0 Å². The highest BCUT2D eigenvalue weighted by atomic mass is 32.1. The Labute approximate surface area is 146 Å². The summed E-state index contributed by atoms with van der Waals surface area (Å²) in [6.07, 6.45) is 3.81. The van der Waals surface area contributed by atoms with Gasteiger partial charge in [0.15, 0.2) is 0 Å². The lowest BCUT2D eigenvalue weighted by molar-refractivity contribution is -0.0201. The van der Waals surface area contributed by atoms with Crippen molar-refractivity contribution >= 4 is 18.4 Å². The van der Waals surface area contributed by atoms with Gasteiger partial charge in [0.05, 0.1) is 11.8 Å². The van der Waals surface area contributed by atoms with Gasteiger partial charge in [-0.2, -0.15) is 0 Å². The van der Waals surface area contributed by atoms with Gasteiger partial charge < -0.3 is 9.77 Å². The van der Waals surface area contributed by atoms with Crippen molar-refractivity contribution < 1.29 is 0 Å². The van der Waals surface area contributed by atoms with Crippen LogP contribution < -0.4 is 0 Å². The summed E-state index contributed by atoms with van der Waals surface area (Å²) in [5.74, 6) is 0. The topological polar surface area (TPSA) is 79.5 Å². The van der Waals surface area contributed by atoms with Crippen LogP contribution in [-0.4, -0.2) is 65.2 Å². The predicted molar refractivity (Wildman–Crippen MR) is 97.1 cm³/mol. The Morgan fingerprint density at radius 3 is 2.71 bits per heavy atom. The summed E-state index contributed by atoms with van der Waals surface area (Å²) in [6.45, 7) is 8.10. The quantitative estimate of drug-likeness (QED) is 0.324. The molecule has 0 unspecified atom stereocenters. The second-order valence-corrected chi connectivity index (χ2v) is 6.32. The molecule has 0 radical (unpaired) electrons. The van der Waals surface area contributed by atoms with Crippen molar-refractivity contribution in [1.82, 2.24) is 19.8 Å². The molecule has 0 saturated carbocycles. The number of aromatic nitrogens is 1. The molecule has 1 saturated heterocycles. The largest absolute Gasteiger partial charge is 0.724 e. The van der Waals surface area contributed by atoms with Crippen LogP contribution in [0.2, 0.25) is 0 Å². The van der Waals surface area contributed by atoms with Gasteiger partial charge in [0.1, 0.15) is 4.64 Å². The van der Waals surface area contributed by atoms with Crippen LogP contribution in [0, 0.1) is 14.8 Å². The summed E-state index contributed by atoms with van der Waals surface area (Å²) in [5, 5.41) is 15.0. The van der Waals surface area contributed by atoms with Crippen LogP contribution in [0.25, 0.3) is 0 Å². The van der Waals surface area contributed by atoms with Crippen LogP contribution in [0.5, 0.6) is 0 Å². The standard InChI is InChI=1S/C15H23N6O2S/c1-13(2)20-6-3-4-14(15(20)24)12-16-5-7-18-8-10-19(11-9-18)21(23)17-22/h3-4,6,12-13H,5,7-11H2,1-2H3/q-1. The first-order chi connectivity index (χ1) is 11.5. The maximum atomic E-state index is 11.1. The van der Waals surface area contributed by atoms with E-state index in [0.717, 1.165) is 29.8 Å². The zero-order valence-corrected chi connectivity index (χ0v) is 14.9. The third-order valence-corrected chi connectivity index (χ3v) is 4.44. The Morgan fingerprint density at radius 1 is 1.38 bits per heavy atom. The Bertz CT molecular complexity index is 625. The second-order valence-electron chi connectivity index (χ2n) is 5.93. The van der Waals surface area contributed by atoms with E-state index in [9.17, 15) is 10.1 Å². The van der Waals surface area contributed by atoms with Gasteiger partial charge in [0.25, 0.3) is 0 Å². The van der Waals surface area contributed by atoms with Crippen LogP contribution in [0.3, 0.4) is 0 Å². The minimum Gasteiger partial charge on any atom is -0.724 e. The van der Waals surface area contributed by atoms with Crippen molar-refractivity contribution in [3.63, 3.8) is 0 Å². The third kappa shape index (κ3) is 4.91. The number of hydrogen-bond donors (Lipinski definition) is 0. The molecule has 1 aliphatic rings. The number of piperazine rings is 1. The van der Waals surface area contributed by atoms with E-state index in [0.29, 0.717) is 25.7 Å². The van der Waals surface area contributed by atoms with Crippen molar-refractivity contribution in [3.05, 3.63) is 38.6 Å². The van der Waals surface area contributed by atoms with Gasteiger partial charge in [-0.25, -0.2) is 5.01 Å².